The molecule has 1 aliphatic rings. The van der Waals surface area contributed by atoms with Crippen LogP contribution in [0.25, 0.3) is 0 Å². The van der Waals surface area contributed by atoms with Crippen LogP contribution in [0.2, 0.25) is 0 Å². The lowest BCUT2D eigenvalue weighted by Crippen LogP contribution is -2.54. The largest absolute Gasteiger partial charge is 0.374 e. The highest BCUT2D eigenvalue weighted by Gasteiger charge is 2.29. The van der Waals surface area contributed by atoms with E-state index in [1.165, 1.54) is 12.8 Å². The standard InChI is InChI=1S/C15H32N2O/c1-6-7-16-14(10-12(2)3)15-11-17(13(4)5)8-9-18-15/h12-16H,6-11H2,1-5H3. The SMILES string of the molecule is CCCNC(CC(C)C)C1CN(C(C)C)CCO1. The molecule has 0 bridgehead atoms. The second kappa shape index (κ2) is 8.13. The molecule has 0 aromatic heterocycles. The second-order valence-corrected chi connectivity index (χ2v) is 6.19. The fourth-order valence-electron chi connectivity index (χ4n) is 2.61. The Kier molecular flexibility index (Phi) is 7.20. The van der Waals surface area contributed by atoms with Gasteiger partial charge in [0, 0.05) is 25.2 Å². The minimum absolute atomic E-state index is 0.357. The molecule has 2 atom stereocenters. The van der Waals surface area contributed by atoms with Gasteiger partial charge in [-0.05, 0) is 39.2 Å². The number of morpholine rings is 1. The van der Waals surface area contributed by atoms with Crippen molar-refractivity contribution in [1.29, 1.82) is 0 Å². The first-order valence-electron chi connectivity index (χ1n) is 7.63. The summed E-state index contributed by atoms with van der Waals surface area (Å²) < 4.78 is 6.01. The molecule has 1 rings (SSSR count). The van der Waals surface area contributed by atoms with Crippen LogP contribution in [0.4, 0.5) is 0 Å². The number of rotatable bonds is 7. The predicted molar refractivity (Wildman–Crippen MR) is 78.0 cm³/mol. The van der Waals surface area contributed by atoms with Gasteiger partial charge in [0.15, 0.2) is 0 Å². The van der Waals surface area contributed by atoms with Gasteiger partial charge in [-0.1, -0.05) is 20.8 Å². The molecule has 0 spiro atoms. The van der Waals surface area contributed by atoms with Crippen molar-refractivity contribution in [2.75, 3.05) is 26.2 Å². The topological polar surface area (TPSA) is 24.5 Å². The zero-order chi connectivity index (χ0) is 13.5. The van der Waals surface area contributed by atoms with Crippen molar-refractivity contribution in [1.82, 2.24) is 10.2 Å². The van der Waals surface area contributed by atoms with E-state index in [1.54, 1.807) is 0 Å². The summed E-state index contributed by atoms with van der Waals surface area (Å²) in [6, 6.07) is 1.13. The minimum Gasteiger partial charge on any atom is -0.374 e. The summed E-state index contributed by atoms with van der Waals surface area (Å²) in [6.45, 7) is 15.5. The Bertz CT molecular complexity index is 219. The van der Waals surface area contributed by atoms with Crippen LogP contribution in [-0.2, 0) is 4.74 Å². The van der Waals surface area contributed by atoms with E-state index in [-0.39, 0.29) is 0 Å². The first-order chi connectivity index (χ1) is 8.54. The van der Waals surface area contributed by atoms with Gasteiger partial charge in [0.05, 0.1) is 12.7 Å². The fraction of sp³-hybridized carbons (Fsp3) is 1.00. The third-order valence-electron chi connectivity index (χ3n) is 3.69. The summed E-state index contributed by atoms with van der Waals surface area (Å²) in [5, 5.41) is 3.68. The molecule has 0 saturated carbocycles. The van der Waals surface area contributed by atoms with Crippen molar-refractivity contribution in [3.8, 4) is 0 Å². The Morgan fingerprint density at radius 3 is 2.56 bits per heavy atom. The van der Waals surface area contributed by atoms with E-state index in [4.69, 9.17) is 4.74 Å². The van der Waals surface area contributed by atoms with E-state index < -0.39 is 0 Å². The molecule has 108 valence electrons. The number of hydrogen-bond acceptors (Lipinski definition) is 3. The molecular formula is C15H32N2O. The third kappa shape index (κ3) is 5.25. The zero-order valence-corrected chi connectivity index (χ0v) is 12.9. The van der Waals surface area contributed by atoms with Gasteiger partial charge in [-0.3, -0.25) is 4.90 Å². The highest BCUT2D eigenvalue weighted by molar-refractivity contribution is 4.84. The molecular weight excluding hydrogens is 224 g/mol. The van der Waals surface area contributed by atoms with Gasteiger partial charge in [0.2, 0.25) is 0 Å². The highest BCUT2D eigenvalue weighted by Crippen LogP contribution is 2.17. The van der Waals surface area contributed by atoms with E-state index in [0.717, 1.165) is 32.2 Å². The molecule has 1 aliphatic heterocycles. The monoisotopic (exact) mass is 256 g/mol. The average Bonchev–Trinajstić information content (AvgIpc) is 2.34. The predicted octanol–water partition coefficient (Wildman–Crippen LogP) is 2.51. The van der Waals surface area contributed by atoms with Gasteiger partial charge in [-0.25, -0.2) is 0 Å². The summed E-state index contributed by atoms with van der Waals surface area (Å²) in [5.74, 6) is 0.720. The summed E-state index contributed by atoms with van der Waals surface area (Å²) in [6.07, 6.45) is 2.75. The summed E-state index contributed by atoms with van der Waals surface area (Å²) in [4.78, 5) is 2.54. The molecule has 0 amide bonds. The fourth-order valence-corrected chi connectivity index (χ4v) is 2.61. The van der Waals surface area contributed by atoms with E-state index in [0.29, 0.717) is 18.2 Å². The molecule has 18 heavy (non-hydrogen) atoms. The van der Waals surface area contributed by atoms with Gasteiger partial charge < -0.3 is 10.1 Å². The van der Waals surface area contributed by atoms with Crippen LogP contribution in [0.1, 0.15) is 47.5 Å². The molecule has 0 aromatic carbocycles. The number of nitrogens with zero attached hydrogens (tertiary/aromatic N) is 1. The van der Waals surface area contributed by atoms with Crippen molar-refractivity contribution in [2.24, 2.45) is 5.92 Å². The van der Waals surface area contributed by atoms with Crippen molar-refractivity contribution in [2.45, 2.75) is 65.6 Å². The maximum absolute atomic E-state index is 6.01. The average molecular weight is 256 g/mol. The molecule has 0 radical (unpaired) electrons. The molecule has 1 saturated heterocycles. The van der Waals surface area contributed by atoms with Crippen molar-refractivity contribution >= 4 is 0 Å². The Balaban J connectivity index is 2.53. The van der Waals surface area contributed by atoms with Crippen molar-refractivity contribution in [3.63, 3.8) is 0 Å². The highest BCUT2D eigenvalue weighted by atomic mass is 16.5. The summed E-state index contributed by atoms with van der Waals surface area (Å²) in [7, 11) is 0. The van der Waals surface area contributed by atoms with E-state index in [9.17, 15) is 0 Å². The molecule has 3 heteroatoms. The zero-order valence-electron chi connectivity index (χ0n) is 12.9. The molecule has 1 heterocycles. The number of ether oxygens (including phenoxy) is 1. The molecule has 3 nitrogen and oxygen atoms in total. The Hall–Kier alpha value is -0.120. The van der Waals surface area contributed by atoms with E-state index in [2.05, 4.69) is 44.8 Å². The number of nitrogens with one attached hydrogen (secondary N) is 1. The van der Waals surface area contributed by atoms with Crippen LogP contribution < -0.4 is 5.32 Å². The van der Waals surface area contributed by atoms with Gasteiger partial charge >= 0.3 is 0 Å². The van der Waals surface area contributed by atoms with Gasteiger partial charge in [0.1, 0.15) is 0 Å². The lowest BCUT2D eigenvalue weighted by Gasteiger charge is -2.39. The Morgan fingerprint density at radius 2 is 2.00 bits per heavy atom. The van der Waals surface area contributed by atoms with Crippen LogP contribution in [0.3, 0.4) is 0 Å². The van der Waals surface area contributed by atoms with Crippen LogP contribution in [0, 0.1) is 5.92 Å². The van der Waals surface area contributed by atoms with Crippen LogP contribution in [0.15, 0.2) is 0 Å². The molecule has 1 N–H and O–H groups in total. The quantitative estimate of drug-likeness (QED) is 0.757. The molecule has 0 aliphatic carbocycles. The maximum Gasteiger partial charge on any atom is 0.0855 e. The Morgan fingerprint density at radius 1 is 1.28 bits per heavy atom. The van der Waals surface area contributed by atoms with Crippen LogP contribution in [0.5, 0.6) is 0 Å². The molecule has 0 aromatic rings. The van der Waals surface area contributed by atoms with Crippen LogP contribution in [-0.4, -0.2) is 49.3 Å². The maximum atomic E-state index is 6.01. The third-order valence-corrected chi connectivity index (χ3v) is 3.69. The minimum atomic E-state index is 0.357. The molecule has 2 unspecified atom stereocenters. The van der Waals surface area contributed by atoms with Crippen LogP contribution >= 0.6 is 0 Å². The smallest absolute Gasteiger partial charge is 0.0855 e. The van der Waals surface area contributed by atoms with Crippen molar-refractivity contribution < 1.29 is 4.74 Å². The van der Waals surface area contributed by atoms with Crippen molar-refractivity contribution in [3.05, 3.63) is 0 Å². The van der Waals surface area contributed by atoms with Gasteiger partial charge in [0.25, 0.3) is 0 Å². The normalized spacial score (nSPS) is 23.8. The lowest BCUT2D eigenvalue weighted by molar-refractivity contribution is -0.0580. The number of hydrogen-bond donors (Lipinski definition) is 1. The first-order valence-corrected chi connectivity index (χ1v) is 7.63. The lowest BCUT2D eigenvalue weighted by atomic mass is 9.97. The van der Waals surface area contributed by atoms with E-state index in [1.807, 2.05) is 0 Å². The van der Waals surface area contributed by atoms with E-state index >= 15 is 0 Å². The van der Waals surface area contributed by atoms with Gasteiger partial charge in [-0.2, -0.15) is 0 Å². The summed E-state index contributed by atoms with van der Waals surface area (Å²) >= 11 is 0. The summed E-state index contributed by atoms with van der Waals surface area (Å²) in [5.41, 5.74) is 0. The second-order valence-electron chi connectivity index (χ2n) is 6.19. The molecule has 1 fully saturated rings. The Labute approximate surface area is 113 Å². The van der Waals surface area contributed by atoms with Gasteiger partial charge in [-0.15, -0.1) is 0 Å². The first kappa shape index (κ1) is 15.9.